The summed E-state index contributed by atoms with van der Waals surface area (Å²) in [5, 5.41) is 0. The van der Waals surface area contributed by atoms with Gasteiger partial charge < -0.3 is 17.8 Å². The molecule has 110 valence electrons. The van der Waals surface area contributed by atoms with Gasteiger partial charge >= 0.3 is 8.80 Å². The second kappa shape index (κ2) is 11.4. The van der Waals surface area contributed by atoms with E-state index in [9.17, 15) is 8.76 Å². The summed E-state index contributed by atoms with van der Waals surface area (Å²) in [6.45, 7) is 7.51. The predicted molar refractivity (Wildman–Crippen MR) is 76.1 cm³/mol. The molecule has 0 aromatic carbocycles. The van der Waals surface area contributed by atoms with Crippen LogP contribution in [0.1, 0.15) is 33.6 Å². The van der Waals surface area contributed by atoms with Crippen molar-refractivity contribution in [2.24, 2.45) is 0 Å². The Morgan fingerprint density at radius 3 is 1.94 bits per heavy atom. The van der Waals surface area contributed by atoms with Crippen LogP contribution in [0.4, 0.5) is 0 Å². The summed E-state index contributed by atoms with van der Waals surface area (Å²) in [6.07, 6.45) is 1.68. The molecule has 0 aromatic rings. The molecule has 0 aromatic heterocycles. The SMILES string of the molecule is CCO[Si](CCCCSS(=O)[O-])(OCC)OCC. The molecular formula is C10H23O5S2Si-. The molecule has 18 heavy (non-hydrogen) atoms. The molecule has 5 nitrogen and oxygen atoms in total. The van der Waals surface area contributed by atoms with Crippen molar-refractivity contribution in [3.8, 4) is 0 Å². The second-order valence-corrected chi connectivity index (χ2v) is 8.77. The van der Waals surface area contributed by atoms with Crippen molar-refractivity contribution in [1.82, 2.24) is 0 Å². The maximum Gasteiger partial charge on any atom is 0.500 e. The number of hydrogen-bond donors (Lipinski definition) is 0. The zero-order chi connectivity index (χ0) is 13.9. The summed E-state index contributed by atoms with van der Waals surface area (Å²) in [4.78, 5) is 0. The summed E-state index contributed by atoms with van der Waals surface area (Å²) < 4.78 is 37.8. The first-order valence-electron chi connectivity index (χ1n) is 6.24. The van der Waals surface area contributed by atoms with Crippen LogP contribution < -0.4 is 0 Å². The van der Waals surface area contributed by atoms with E-state index in [0.717, 1.165) is 29.7 Å². The highest BCUT2D eigenvalue weighted by molar-refractivity contribution is 8.67. The monoisotopic (exact) mass is 315 g/mol. The van der Waals surface area contributed by atoms with Crippen molar-refractivity contribution in [1.29, 1.82) is 0 Å². The van der Waals surface area contributed by atoms with Crippen molar-refractivity contribution >= 4 is 29.7 Å². The van der Waals surface area contributed by atoms with Gasteiger partial charge in [0.05, 0.1) is 0 Å². The Hall–Kier alpha value is 0.557. The minimum Gasteiger partial charge on any atom is -0.764 e. The topological polar surface area (TPSA) is 67.8 Å². The molecule has 0 radical (unpaired) electrons. The molecular weight excluding hydrogens is 292 g/mol. The molecule has 0 fully saturated rings. The van der Waals surface area contributed by atoms with Gasteiger partial charge in [-0.1, -0.05) is 10.8 Å². The Bertz CT molecular complexity index is 213. The van der Waals surface area contributed by atoms with E-state index >= 15 is 0 Å². The van der Waals surface area contributed by atoms with Gasteiger partial charge in [0.25, 0.3) is 0 Å². The first kappa shape index (κ1) is 18.6. The summed E-state index contributed by atoms with van der Waals surface area (Å²) in [5.41, 5.74) is 0. The number of rotatable bonds is 12. The molecule has 0 bridgehead atoms. The van der Waals surface area contributed by atoms with Gasteiger partial charge in [-0.25, -0.2) is 0 Å². The van der Waals surface area contributed by atoms with Crippen LogP contribution in [-0.2, 0) is 23.4 Å². The largest absolute Gasteiger partial charge is 0.764 e. The lowest BCUT2D eigenvalue weighted by Crippen LogP contribution is -2.45. The first-order valence-corrected chi connectivity index (χ1v) is 10.8. The first-order chi connectivity index (χ1) is 8.60. The molecule has 0 N–H and O–H groups in total. The minimum atomic E-state index is -2.54. The average molecular weight is 316 g/mol. The lowest BCUT2D eigenvalue weighted by Gasteiger charge is -2.28. The van der Waals surface area contributed by atoms with Crippen molar-refractivity contribution in [2.45, 2.75) is 39.7 Å². The highest BCUT2D eigenvalue weighted by Gasteiger charge is 2.39. The van der Waals surface area contributed by atoms with E-state index in [1.54, 1.807) is 0 Å². The molecule has 0 aliphatic carbocycles. The minimum absolute atomic E-state index is 0.575. The summed E-state index contributed by atoms with van der Waals surface area (Å²) in [6, 6.07) is 0.745. The summed E-state index contributed by atoms with van der Waals surface area (Å²) >= 11 is 0. The van der Waals surface area contributed by atoms with Crippen LogP contribution in [0.15, 0.2) is 0 Å². The second-order valence-electron chi connectivity index (χ2n) is 3.47. The third-order valence-electron chi connectivity index (χ3n) is 2.15. The van der Waals surface area contributed by atoms with Crippen LogP contribution >= 0.6 is 10.8 Å². The van der Waals surface area contributed by atoms with Crippen LogP contribution in [0.3, 0.4) is 0 Å². The lowest BCUT2D eigenvalue weighted by atomic mass is 10.4. The molecule has 0 aliphatic rings. The van der Waals surface area contributed by atoms with Crippen LogP contribution in [0.2, 0.25) is 6.04 Å². The van der Waals surface area contributed by atoms with Crippen LogP contribution in [0.25, 0.3) is 0 Å². The molecule has 0 saturated carbocycles. The zero-order valence-corrected chi connectivity index (χ0v) is 13.9. The number of hydrogen-bond acceptors (Lipinski definition) is 6. The highest BCUT2D eigenvalue weighted by atomic mass is 33.1. The van der Waals surface area contributed by atoms with Crippen LogP contribution in [-0.4, -0.2) is 43.1 Å². The maximum atomic E-state index is 10.4. The van der Waals surface area contributed by atoms with Crippen molar-refractivity contribution in [3.05, 3.63) is 0 Å². The van der Waals surface area contributed by atoms with Crippen LogP contribution in [0, 0.1) is 0 Å². The Labute approximate surface area is 117 Å². The van der Waals surface area contributed by atoms with E-state index < -0.39 is 18.9 Å². The fraction of sp³-hybridized carbons (Fsp3) is 1.00. The Balaban J connectivity index is 4.08. The van der Waals surface area contributed by atoms with E-state index in [1.165, 1.54) is 0 Å². The Morgan fingerprint density at radius 1 is 1.06 bits per heavy atom. The smallest absolute Gasteiger partial charge is 0.500 e. The van der Waals surface area contributed by atoms with Crippen LogP contribution in [0.5, 0.6) is 0 Å². The quantitative estimate of drug-likeness (QED) is 0.238. The van der Waals surface area contributed by atoms with E-state index in [4.69, 9.17) is 13.3 Å². The van der Waals surface area contributed by atoms with Gasteiger partial charge in [-0.3, -0.25) is 4.21 Å². The van der Waals surface area contributed by atoms with E-state index in [0.29, 0.717) is 25.6 Å². The standard InChI is InChI=1S/C10H24O5S2Si/c1-4-13-18(14-5-2,15-6-3)10-8-7-9-16-17(11)12/h4-10H2,1-3H3,(H,11,12)/p-1. The van der Waals surface area contributed by atoms with Crippen molar-refractivity contribution in [2.75, 3.05) is 25.6 Å². The van der Waals surface area contributed by atoms with E-state index in [2.05, 4.69) is 0 Å². The number of unbranched alkanes of at least 4 members (excludes halogenated alkanes) is 1. The summed E-state index contributed by atoms with van der Waals surface area (Å²) in [7, 11) is -3.62. The fourth-order valence-corrected chi connectivity index (χ4v) is 5.48. The predicted octanol–water partition coefficient (Wildman–Crippen LogP) is 2.34. The third-order valence-corrected chi connectivity index (χ3v) is 7.03. The lowest BCUT2D eigenvalue weighted by molar-refractivity contribution is 0.0708. The van der Waals surface area contributed by atoms with Gasteiger partial charge in [0.2, 0.25) is 0 Å². The maximum absolute atomic E-state index is 10.4. The molecule has 0 heterocycles. The third kappa shape index (κ3) is 8.62. The molecule has 0 aliphatic heterocycles. The highest BCUT2D eigenvalue weighted by Crippen LogP contribution is 2.20. The Kier molecular flexibility index (Phi) is 11.7. The van der Waals surface area contributed by atoms with Gasteiger partial charge in [-0.2, -0.15) is 0 Å². The Morgan fingerprint density at radius 2 is 1.56 bits per heavy atom. The fourth-order valence-electron chi connectivity index (χ4n) is 1.57. The molecule has 1 unspecified atom stereocenters. The summed E-state index contributed by atoms with van der Waals surface area (Å²) in [5.74, 6) is 0.602. The van der Waals surface area contributed by atoms with Gasteiger partial charge in [0, 0.05) is 41.7 Å². The van der Waals surface area contributed by atoms with E-state index in [1.807, 2.05) is 20.8 Å². The van der Waals surface area contributed by atoms with Gasteiger partial charge in [0.1, 0.15) is 0 Å². The van der Waals surface area contributed by atoms with Crippen molar-refractivity contribution in [3.63, 3.8) is 0 Å². The van der Waals surface area contributed by atoms with E-state index in [-0.39, 0.29) is 0 Å². The molecule has 0 saturated heterocycles. The van der Waals surface area contributed by atoms with Gasteiger partial charge in [-0.15, -0.1) is 0 Å². The molecule has 1 atom stereocenters. The normalized spacial score (nSPS) is 13.8. The molecule has 0 spiro atoms. The average Bonchev–Trinajstić information content (AvgIpc) is 2.29. The van der Waals surface area contributed by atoms with Crippen molar-refractivity contribution < 1.29 is 22.0 Å². The zero-order valence-electron chi connectivity index (χ0n) is 11.3. The van der Waals surface area contributed by atoms with Gasteiger partial charge in [0.15, 0.2) is 0 Å². The van der Waals surface area contributed by atoms with Gasteiger partial charge in [-0.05, 0) is 33.6 Å². The molecule has 0 amide bonds. The molecule has 8 heteroatoms. The molecule has 0 rings (SSSR count).